The Hall–Kier alpha value is -4.07. The van der Waals surface area contributed by atoms with Gasteiger partial charge in [0.15, 0.2) is 11.3 Å². The number of aliphatic hydroxyl groups is 1. The molecule has 0 radical (unpaired) electrons. The molecule has 14 nitrogen and oxygen atoms in total. The van der Waals surface area contributed by atoms with Crippen molar-refractivity contribution >= 4 is 28.2 Å². The minimum absolute atomic E-state index is 0.131. The lowest BCUT2D eigenvalue weighted by Gasteiger charge is -2.38. The van der Waals surface area contributed by atoms with Crippen molar-refractivity contribution in [1.82, 2.24) is 44.0 Å². The molecule has 4 aromatic rings. The van der Waals surface area contributed by atoms with Crippen molar-refractivity contribution in [1.29, 1.82) is 0 Å². The van der Waals surface area contributed by atoms with Crippen LogP contribution in [0.5, 0.6) is 0 Å². The van der Waals surface area contributed by atoms with Gasteiger partial charge in [0, 0.05) is 27.2 Å². The number of ether oxygens (including phenoxy) is 1. The van der Waals surface area contributed by atoms with Crippen LogP contribution in [0.4, 0.5) is 4.79 Å². The molecule has 0 aromatic carbocycles. The molecule has 0 bridgehead atoms. The predicted molar refractivity (Wildman–Crippen MR) is 134 cm³/mol. The second-order valence-electron chi connectivity index (χ2n) is 10.1. The maximum absolute atomic E-state index is 12.6. The Kier molecular flexibility index (Phi) is 6.86. The van der Waals surface area contributed by atoms with Crippen LogP contribution in [0.1, 0.15) is 33.6 Å². The molecule has 0 saturated carbocycles. The number of carbonyl (C=O) groups is 1. The molecule has 2 N–H and O–H groups in total. The zero-order chi connectivity index (χ0) is 27.0. The number of rotatable bonds is 2. The fourth-order valence-corrected chi connectivity index (χ4v) is 4.06. The lowest BCUT2D eigenvalue weighted by molar-refractivity contribution is -0.0419. The first kappa shape index (κ1) is 26.0. The van der Waals surface area contributed by atoms with Gasteiger partial charge in [-0.05, 0) is 33.6 Å². The van der Waals surface area contributed by atoms with E-state index in [0.29, 0.717) is 48.0 Å². The summed E-state index contributed by atoms with van der Waals surface area (Å²) in [7, 11) is 3.47. The molecule has 4 aromatic heterocycles. The van der Waals surface area contributed by atoms with E-state index in [1.54, 1.807) is 23.7 Å². The monoisotopic (exact) mass is 513 g/mol. The summed E-state index contributed by atoms with van der Waals surface area (Å²) >= 11 is 0. The van der Waals surface area contributed by atoms with E-state index >= 15 is 0 Å². The molecular formula is C23H31N9O5. The van der Waals surface area contributed by atoms with Crippen LogP contribution >= 0.6 is 0 Å². The third-order valence-corrected chi connectivity index (χ3v) is 6.06. The van der Waals surface area contributed by atoms with Crippen molar-refractivity contribution in [3.63, 3.8) is 0 Å². The average molecular weight is 514 g/mol. The van der Waals surface area contributed by atoms with Gasteiger partial charge < -0.3 is 19.7 Å². The molecule has 5 heterocycles. The molecule has 1 aliphatic rings. The lowest BCUT2D eigenvalue weighted by Crippen LogP contribution is -2.50. The van der Waals surface area contributed by atoms with Crippen LogP contribution in [0.3, 0.4) is 0 Å². The second kappa shape index (κ2) is 9.76. The number of aromatic amines is 1. The predicted octanol–water partition coefficient (Wildman–Crippen LogP) is 0.549. The van der Waals surface area contributed by atoms with E-state index < -0.39 is 11.2 Å². The Bertz CT molecular complexity index is 1530. The highest BCUT2D eigenvalue weighted by atomic mass is 16.6. The Balaban J connectivity index is 0.000000241. The highest BCUT2D eigenvalue weighted by Crippen LogP contribution is 2.25. The van der Waals surface area contributed by atoms with Crippen LogP contribution in [0.2, 0.25) is 0 Å². The number of nitrogens with one attached hydrogen (secondary N) is 1. The van der Waals surface area contributed by atoms with Crippen molar-refractivity contribution in [2.24, 2.45) is 14.1 Å². The van der Waals surface area contributed by atoms with E-state index in [-0.39, 0.29) is 23.8 Å². The highest BCUT2D eigenvalue weighted by molar-refractivity contribution is 5.73. The van der Waals surface area contributed by atoms with Crippen molar-refractivity contribution in [3.05, 3.63) is 45.8 Å². The van der Waals surface area contributed by atoms with E-state index in [4.69, 9.17) is 4.74 Å². The summed E-state index contributed by atoms with van der Waals surface area (Å²) in [6, 6.07) is 0. The average Bonchev–Trinajstić information content (AvgIpc) is 3.39. The maximum atomic E-state index is 12.6. The summed E-state index contributed by atoms with van der Waals surface area (Å²) in [4.78, 5) is 48.0. The van der Waals surface area contributed by atoms with E-state index in [0.717, 1.165) is 0 Å². The molecule has 1 saturated heterocycles. The molecule has 0 unspecified atom stereocenters. The van der Waals surface area contributed by atoms with Gasteiger partial charge in [0.05, 0.1) is 30.9 Å². The summed E-state index contributed by atoms with van der Waals surface area (Å²) in [5, 5.41) is 19.7. The number of piperidine rings is 1. The van der Waals surface area contributed by atoms with E-state index in [1.807, 2.05) is 20.8 Å². The smallest absolute Gasteiger partial charge is 0.410 e. The molecule has 1 aliphatic heterocycles. The Morgan fingerprint density at radius 2 is 1.65 bits per heavy atom. The number of likely N-dealkylation sites (tertiary alicyclic amines) is 1. The number of nitrogens with zero attached hydrogens (tertiary/aromatic N) is 8. The summed E-state index contributed by atoms with van der Waals surface area (Å²) in [5.41, 5.74) is -0.885. The summed E-state index contributed by atoms with van der Waals surface area (Å²) in [5.74, 6) is 0. The molecule has 5 rings (SSSR count). The van der Waals surface area contributed by atoms with Crippen molar-refractivity contribution in [2.75, 3.05) is 13.1 Å². The first-order valence-electron chi connectivity index (χ1n) is 11.8. The van der Waals surface area contributed by atoms with Gasteiger partial charge in [-0.25, -0.2) is 14.8 Å². The molecule has 0 atom stereocenters. The first-order valence-corrected chi connectivity index (χ1v) is 11.8. The molecule has 1 fully saturated rings. The summed E-state index contributed by atoms with van der Waals surface area (Å²) in [6.07, 6.45) is 6.14. The fourth-order valence-electron chi connectivity index (χ4n) is 4.06. The quantitative estimate of drug-likeness (QED) is 0.389. The molecule has 14 heteroatoms. The second-order valence-corrected chi connectivity index (χ2v) is 10.1. The van der Waals surface area contributed by atoms with Crippen molar-refractivity contribution < 1.29 is 14.6 Å². The standard InChI is InChI=1S/C17H25N5O4.C6H6N4O/c1-16(2,3)26-15(24)21-7-5-17(25,6-8-21)10-22-11-18-13-12(14(22)23)9-19-20(13)4;1-10-5-4(2-9-10)6(11)8-3-7-5/h9,11,25H,5-8,10H2,1-4H3;2-3H,1H3,(H,7,8,11). The number of amides is 1. The van der Waals surface area contributed by atoms with Crippen LogP contribution in [-0.2, 0) is 25.4 Å². The number of H-pyrrole nitrogens is 1. The Morgan fingerprint density at radius 3 is 2.24 bits per heavy atom. The van der Waals surface area contributed by atoms with E-state index in [2.05, 4.69) is 25.1 Å². The Labute approximate surface area is 211 Å². The number of aromatic nitrogens is 8. The largest absolute Gasteiger partial charge is 0.444 e. The van der Waals surface area contributed by atoms with Crippen LogP contribution in [0, 0.1) is 0 Å². The van der Waals surface area contributed by atoms with Gasteiger partial charge in [0.2, 0.25) is 0 Å². The Morgan fingerprint density at radius 1 is 1.05 bits per heavy atom. The number of hydrogen-bond acceptors (Lipinski definition) is 9. The topological polar surface area (TPSA) is 166 Å². The van der Waals surface area contributed by atoms with Gasteiger partial charge in [-0.2, -0.15) is 10.2 Å². The summed E-state index contributed by atoms with van der Waals surface area (Å²) < 4.78 is 9.87. The van der Waals surface area contributed by atoms with Gasteiger partial charge >= 0.3 is 6.09 Å². The lowest BCUT2D eigenvalue weighted by atomic mass is 9.91. The minimum Gasteiger partial charge on any atom is -0.444 e. The number of aryl methyl sites for hydroxylation is 2. The third kappa shape index (κ3) is 5.69. The minimum atomic E-state index is -1.07. The number of hydrogen-bond donors (Lipinski definition) is 2. The highest BCUT2D eigenvalue weighted by Gasteiger charge is 2.36. The zero-order valence-corrected chi connectivity index (χ0v) is 21.5. The fraction of sp³-hybridized carbons (Fsp3) is 0.522. The number of carbonyl (C=O) groups excluding carboxylic acids is 1. The van der Waals surface area contributed by atoms with Crippen LogP contribution < -0.4 is 11.1 Å². The molecular weight excluding hydrogens is 482 g/mol. The molecule has 198 valence electrons. The first-order chi connectivity index (χ1) is 17.4. The van der Waals surface area contributed by atoms with Crippen molar-refractivity contribution in [2.45, 2.75) is 51.4 Å². The van der Waals surface area contributed by atoms with E-state index in [9.17, 15) is 19.5 Å². The van der Waals surface area contributed by atoms with Crippen LogP contribution in [-0.4, -0.2) is 79.5 Å². The molecule has 0 aliphatic carbocycles. The molecule has 1 amide bonds. The van der Waals surface area contributed by atoms with E-state index in [1.165, 1.54) is 34.3 Å². The van der Waals surface area contributed by atoms with Crippen LogP contribution in [0.25, 0.3) is 22.1 Å². The molecule has 0 spiro atoms. The zero-order valence-electron chi connectivity index (χ0n) is 21.5. The van der Waals surface area contributed by atoms with Gasteiger partial charge in [-0.3, -0.25) is 23.5 Å². The normalized spacial score (nSPS) is 15.5. The van der Waals surface area contributed by atoms with Gasteiger partial charge in [0.25, 0.3) is 11.1 Å². The third-order valence-electron chi connectivity index (χ3n) is 6.06. The summed E-state index contributed by atoms with van der Waals surface area (Å²) in [6.45, 7) is 6.34. The molecule has 37 heavy (non-hydrogen) atoms. The maximum Gasteiger partial charge on any atom is 0.410 e. The number of fused-ring (bicyclic) bond motifs is 2. The van der Waals surface area contributed by atoms with Crippen LogP contribution in [0.15, 0.2) is 34.6 Å². The van der Waals surface area contributed by atoms with Crippen molar-refractivity contribution in [3.8, 4) is 0 Å². The van der Waals surface area contributed by atoms with Gasteiger partial charge in [0.1, 0.15) is 22.7 Å². The SMILES string of the molecule is Cn1ncc2c(=O)[nH]cnc21.Cn1ncc2c(=O)n(CC3(O)CCN(C(=O)OC(C)(C)C)CC3)cnc21. The van der Waals surface area contributed by atoms with Gasteiger partial charge in [-0.1, -0.05) is 0 Å². The van der Waals surface area contributed by atoms with Gasteiger partial charge in [-0.15, -0.1) is 0 Å².